The van der Waals surface area contributed by atoms with Gasteiger partial charge in [-0.15, -0.1) is 11.3 Å². The van der Waals surface area contributed by atoms with Crippen LogP contribution in [0.2, 0.25) is 0 Å². The predicted molar refractivity (Wildman–Crippen MR) is 211 cm³/mol. The SMILES string of the molecule is c1ccc(-c2nc(-c3ccc4c(c3)sc3c(-n5c6ccccc6c6ccccc65)cccc34)nc(-c3cccc4oc5ccccc5c34)n2)cc1. The molecule has 6 heteroatoms. The van der Waals surface area contributed by atoms with Crippen LogP contribution in [0.25, 0.3) is 104 Å². The van der Waals surface area contributed by atoms with Crippen LogP contribution in [0.1, 0.15) is 0 Å². The average Bonchev–Trinajstić information content (AvgIpc) is 3.87. The van der Waals surface area contributed by atoms with Crippen LogP contribution in [0.4, 0.5) is 0 Å². The number of fused-ring (bicyclic) bond motifs is 9. The number of rotatable bonds is 4. The summed E-state index contributed by atoms with van der Waals surface area (Å²) in [6, 6.07) is 54.9. The molecule has 0 N–H and O–H groups in total. The van der Waals surface area contributed by atoms with E-state index in [-0.39, 0.29) is 0 Å². The third kappa shape index (κ3) is 4.30. The first kappa shape index (κ1) is 28.2. The lowest BCUT2D eigenvalue weighted by molar-refractivity contribution is 0.669. The summed E-state index contributed by atoms with van der Waals surface area (Å²) in [4.78, 5) is 15.3. The van der Waals surface area contributed by atoms with Crippen molar-refractivity contribution in [1.82, 2.24) is 19.5 Å². The molecule has 11 aromatic rings. The Morgan fingerprint density at radius 2 is 1.08 bits per heavy atom. The van der Waals surface area contributed by atoms with E-state index < -0.39 is 0 Å². The summed E-state index contributed by atoms with van der Waals surface area (Å²) in [7, 11) is 0. The molecule has 0 atom stereocenters. The van der Waals surface area contributed by atoms with Crippen molar-refractivity contribution in [2.75, 3.05) is 0 Å². The van der Waals surface area contributed by atoms with E-state index in [1.165, 1.54) is 47.7 Å². The molecule has 0 spiro atoms. The standard InChI is InChI=1S/C45H26N4OS/c1-2-12-27(13-3-1)43-46-44(48-45(47-43)34-18-11-23-39-41(34)33-16-6-9-22-38(33)50-39)28-24-25-31-32-17-10-21-37(42(32)51-40(31)26-28)49-35-19-7-4-14-29(35)30-15-5-8-20-36(30)49/h1-26H. The smallest absolute Gasteiger partial charge is 0.164 e. The molecule has 5 nitrogen and oxygen atoms in total. The van der Waals surface area contributed by atoms with E-state index in [1.807, 2.05) is 72.0 Å². The number of hydrogen-bond donors (Lipinski definition) is 0. The highest BCUT2D eigenvalue weighted by atomic mass is 32.1. The van der Waals surface area contributed by atoms with Gasteiger partial charge < -0.3 is 8.98 Å². The normalized spacial score (nSPS) is 11.9. The van der Waals surface area contributed by atoms with Crippen LogP contribution in [-0.4, -0.2) is 19.5 Å². The molecule has 0 aliphatic rings. The summed E-state index contributed by atoms with van der Waals surface area (Å²) in [5, 5.41) is 7.01. The Bertz CT molecular complexity index is 3100. The van der Waals surface area contributed by atoms with Crippen molar-refractivity contribution >= 4 is 75.3 Å². The van der Waals surface area contributed by atoms with Crippen LogP contribution >= 0.6 is 11.3 Å². The summed E-state index contributed by atoms with van der Waals surface area (Å²) >= 11 is 1.81. The molecule has 0 amide bonds. The number of thiophene rings is 1. The first-order valence-electron chi connectivity index (χ1n) is 16.9. The monoisotopic (exact) mass is 670 g/mol. The second-order valence-electron chi connectivity index (χ2n) is 12.8. The molecule has 0 unspecified atom stereocenters. The van der Waals surface area contributed by atoms with Gasteiger partial charge in [0.25, 0.3) is 0 Å². The second-order valence-corrected chi connectivity index (χ2v) is 13.8. The van der Waals surface area contributed by atoms with Crippen molar-refractivity contribution in [2.45, 2.75) is 0 Å². The Hall–Kier alpha value is -6.63. The zero-order chi connectivity index (χ0) is 33.5. The van der Waals surface area contributed by atoms with E-state index in [0.717, 1.165) is 38.6 Å². The predicted octanol–water partition coefficient (Wildman–Crippen LogP) is 12.2. The van der Waals surface area contributed by atoms with Crippen LogP contribution in [0, 0.1) is 0 Å². The molecule has 0 fully saturated rings. The molecule has 11 rings (SSSR count). The Balaban J connectivity index is 1.12. The number of hydrogen-bond acceptors (Lipinski definition) is 5. The molecule has 0 saturated carbocycles. The third-order valence-corrected chi connectivity index (χ3v) is 11.1. The molecule has 51 heavy (non-hydrogen) atoms. The van der Waals surface area contributed by atoms with Gasteiger partial charge in [-0.3, -0.25) is 0 Å². The summed E-state index contributed by atoms with van der Waals surface area (Å²) in [6.07, 6.45) is 0. The van der Waals surface area contributed by atoms with Crippen molar-refractivity contribution in [2.24, 2.45) is 0 Å². The van der Waals surface area contributed by atoms with E-state index in [4.69, 9.17) is 19.4 Å². The molecule has 7 aromatic carbocycles. The van der Waals surface area contributed by atoms with E-state index >= 15 is 0 Å². The fourth-order valence-electron chi connectivity index (χ4n) is 7.58. The lowest BCUT2D eigenvalue weighted by Gasteiger charge is -2.09. The van der Waals surface area contributed by atoms with Crippen molar-refractivity contribution in [3.8, 4) is 39.9 Å². The Kier molecular flexibility index (Phi) is 6.05. The molecule has 4 heterocycles. The zero-order valence-corrected chi connectivity index (χ0v) is 27.9. The fraction of sp³-hybridized carbons (Fsp3) is 0. The van der Waals surface area contributed by atoms with E-state index in [2.05, 4.69) is 102 Å². The Morgan fingerprint density at radius 3 is 1.88 bits per heavy atom. The first-order valence-corrected chi connectivity index (χ1v) is 17.8. The van der Waals surface area contributed by atoms with Crippen molar-refractivity contribution in [3.63, 3.8) is 0 Å². The highest BCUT2D eigenvalue weighted by Crippen LogP contribution is 2.42. The van der Waals surface area contributed by atoms with Crippen LogP contribution in [-0.2, 0) is 0 Å². The average molecular weight is 671 g/mol. The maximum Gasteiger partial charge on any atom is 0.164 e. The van der Waals surface area contributed by atoms with E-state index in [1.54, 1.807) is 0 Å². The molecule has 238 valence electrons. The zero-order valence-electron chi connectivity index (χ0n) is 27.1. The maximum absolute atomic E-state index is 6.23. The van der Waals surface area contributed by atoms with Gasteiger partial charge in [0.05, 0.1) is 21.4 Å². The lowest BCUT2D eigenvalue weighted by atomic mass is 10.1. The first-order chi connectivity index (χ1) is 25.3. The van der Waals surface area contributed by atoms with Crippen molar-refractivity contribution in [3.05, 3.63) is 158 Å². The van der Waals surface area contributed by atoms with Gasteiger partial charge in [0, 0.05) is 53.7 Å². The van der Waals surface area contributed by atoms with Crippen molar-refractivity contribution < 1.29 is 4.42 Å². The van der Waals surface area contributed by atoms with Crippen LogP contribution in [0.5, 0.6) is 0 Å². The van der Waals surface area contributed by atoms with Gasteiger partial charge in [0.2, 0.25) is 0 Å². The van der Waals surface area contributed by atoms with Gasteiger partial charge >= 0.3 is 0 Å². The highest BCUT2D eigenvalue weighted by molar-refractivity contribution is 7.26. The number of furan rings is 1. The summed E-state index contributed by atoms with van der Waals surface area (Å²) in [5.74, 6) is 1.87. The molecule has 0 bridgehead atoms. The van der Waals surface area contributed by atoms with Crippen LogP contribution < -0.4 is 0 Å². The highest BCUT2D eigenvalue weighted by Gasteiger charge is 2.20. The Morgan fingerprint density at radius 1 is 0.451 bits per heavy atom. The molecule has 0 aliphatic carbocycles. The minimum atomic E-state index is 0.612. The van der Waals surface area contributed by atoms with Gasteiger partial charge in [-0.25, -0.2) is 15.0 Å². The van der Waals surface area contributed by atoms with Gasteiger partial charge in [-0.05, 0) is 36.4 Å². The summed E-state index contributed by atoms with van der Waals surface area (Å²) in [6.45, 7) is 0. The van der Waals surface area contributed by atoms with Gasteiger partial charge in [-0.2, -0.15) is 0 Å². The third-order valence-electron chi connectivity index (χ3n) is 9.87. The number of benzene rings is 7. The van der Waals surface area contributed by atoms with Gasteiger partial charge in [0.15, 0.2) is 17.5 Å². The fourth-order valence-corrected chi connectivity index (χ4v) is 8.83. The second kappa shape index (κ2) is 10.9. The molecular formula is C45H26N4OS. The molecule has 0 saturated heterocycles. The maximum atomic E-state index is 6.23. The molecular weight excluding hydrogens is 645 g/mol. The van der Waals surface area contributed by atoms with Crippen LogP contribution in [0.15, 0.2) is 162 Å². The van der Waals surface area contributed by atoms with E-state index in [0.29, 0.717) is 17.5 Å². The van der Waals surface area contributed by atoms with Crippen molar-refractivity contribution in [1.29, 1.82) is 0 Å². The molecule has 0 aliphatic heterocycles. The van der Waals surface area contributed by atoms with E-state index in [9.17, 15) is 0 Å². The van der Waals surface area contributed by atoms with Gasteiger partial charge in [-0.1, -0.05) is 121 Å². The molecule has 0 radical (unpaired) electrons. The number of para-hydroxylation sites is 3. The summed E-state index contributed by atoms with van der Waals surface area (Å²) < 4.78 is 11.1. The minimum absolute atomic E-state index is 0.612. The topological polar surface area (TPSA) is 56.7 Å². The quantitative estimate of drug-likeness (QED) is 0.187. The van der Waals surface area contributed by atoms with Crippen LogP contribution in [0.3, 0.4) is 0 Å². The summed E-state index contributed by atoms with van der Waals surface area (Å²) in [5.41, 5.74) is 8.03. The lowest BCUT2D eigenvalue weighted by Crippen LogP contribution is -2.00. The minimum Gasteiger partial charge on any atom is -0.456 e. The van der Waals surface area contributed by atoms with Gasteiger partial charge in [0.1, 0.15) is 11.2 Å². The largest absolute Gasteiger partial charge is 0.456 e. The number of aromatic nitrogens is 4. The molecule has 4 aromatic heterocycles. The Labute approximate surface area is 295 Å². The number of nitrogens with zero attached hydrogens (tertiary/aromatic N) is 4.